The lowest BCUT2D eigenvalue weighted by molar-refractivity contribution is -0.0264. The van der Waals surface area contributed by atoms with E-state index in [0.29, 0.717) is 17.9 Å². The van der Waals surface area contributed by atoms with Gasteiger partial charge in [-0.2, -0.15) is 5.26 Å². The second-order valence-electron chi connectivity index (χ2n) is 11.2. The number of fused-ring (bicyclic) bond motifs is 1. The van der Waals surface area contributed by atoms with E-state index in [9.17, 15) is 10.1 Å². The molecule has 176 valence electrons. The number of amides is 1. The van der Waals surface area contributed by atoms with Crippen LogP contribution in [0.2, 0.25) is 0 Å². The Bertz CT molecular complexity index is 1290. The molecule has 2 fully saturated rings. The van der Waals surface area contributed by atoms with Crippen molar-refractivity contribution in [1.82, 2.24) is 19.5 Å². The Kier molecular flexibility index (Phi) is 5.12. The van der Waals surface area contributed by atoms with Crippen LogP contribution in [0.3, 0.4) is 0 Å². The van der Waals surface area contributed by atoms with Crippen LogP contribution in [0.5, 0.6) is 0 Å². The second kappa shape index (κ2) is 7.79. The van der Waals surface area contributed by atoms with Gasteiger partial charge < -0.3 is 9.30 Å². The van der Waals surface area contributed by atoms with Gasteiger partial charge in [0.15, 0.2) is 5.82 Å². The number of nitriles is 1. The van der Waals surface area contributed by atoms with Crippen molar-refractivity contribution in [3.8, 4) is 6.07 Å². The Morgan fingerprint density at radius 3 is 2.71 bits per heavy atom. The Balaban J connectivity index is 1.36. The summed E-state index contributed by atoms with van der Waals surface area (Å²) in [5.41, 5.74) is 2.63. The maximum absolute atomic E-state index is 12.9. The number of aromatic nitrogens is 4. The first-order valence-electron chi connectivity index (χ1n) is 11.8. The molecule has 2 atom stereocenters. The molecule has 1 saturated heterocycles. The molecule has 3 heterocycles. The largest absolute Gasteiger partial charge is 0.441 e. The van der Waals surface area contributed by atoms with E-state index in [-0.39, 0.29) is 16.9 Å². The number of ether oxygens (including phenoxy) is 1. The van der Waals surface area contributed by atoms with Gasteiger partial charge in [0.2, 0.25) is 0 Å². The van der Waals surface area contributed by atoms with E-state index < -0.39 is 5.60 Å². The molecule has 1 aliphatic heterocycles. The third-order valence-corrected chi connectivity index (χ3v) is 7.12. The molecule has 1 spiro atoms. The molecule has 0 radical (unpaired) electrons. The lowest BCUT2D eigenvalue weighted by Crippen LogP contribution is -2.45. The molecule has 5 rings (SSSR count). The van der Waals surface area contributed by atoms with Crippen molar-refractivity contribution in [1.29, 1.82) is 5.26 Å². The molecule has 3 aromatic rings. The van der Waals surface area contributed by atoms with Crippen LogP contribution in [0.15, 0.2) is 36.9 Å². The fourth-order valence-electron chi connectivity index (χ4n) is 5.46. The van der Waals surface area contributed by atoms with Gasteiger partial charge in [0, 0.05) is 12.0 Å². The zero-order valence-electron chi connectivity index (χ0n) is 20.2. The molecule has 2 aromatic heterocycles. The zero-order valence-corrected chi connectivity index (χ0v) is 20.2. The average molecular weight is 459 g/mol. The summed E-state index contributed by atoms with van der Waals surface area (Å²) < 4.78 is 8.17. The fraction of sp³-hybridized carbons (Fsp3) is 0.500. The minimum Gasteiger partial charge on any atom is -0.441 e. The summed E-state index contributed by atoms with van der Waals surface area (Å²) in [5, 5.41) is 9.29. The van der Waals surface area contributed by atoms with Crippen molar-refractivity contribution in [2.45, 2.75) is 70.9 Å². The van der Waals surface area contributed by atoms with Gasteiger partial charge >= 0.3 is 6.09 Å². The molecule has 8 heteroatoms. The summed E-state index contributed by atoms with van der Waals surface area (Å²) in [7, 11) is 0. The van der Waals surface area contributed by atoms with Crippen molar-refractivity contribution >= 4 is 22.9 Å². The molecule has 1 amide bonds. The number of hydrogen-bond acceptors (Lipinski definition) is 6. The maximum Gasteiger partial charge on any atom is 0.416 e. The number of carbonyl (C=O) groups is 1. The van der Waals surface area contributed by atoms with Crippen LogP contribution < -0.4 is 4.90 Å². The monoisotopic (exact) mass is 458 g/mol. The first-order valence-corrected chi connectivity index (χ1v) is 11.8. The molecular weight excluding hydrogens is 428 g/mol. The Labute approximate surface area is 199 Å². The highest BCUT2D eigenvalue weighted by Crippen LogP contribution is 2.47. The third-order valence-electron chi connectivity index (χ3n) is 7.12. The standard InChI is InChI=1S/C26H30N6O2/c1-24(2,3)21-12-29-22(13-28-21)32-16-26(34-23(32)33)9-5-8-25(4,14-26)15-31-17-30-19-7-6-18(11-27)10-20(19)31/h6-7,10,12-13,17H,5,8-9,14-16H2,1-4H3/t25-,26-/m0/s1. The zero-order chi connectivity index (χ0) is 24.1. The van der Waals surface area contributed by atoms with Gasteiger partial charge in [0.05, 0.1) is 53.6 Å². The smallest absolute Gasteiger partial charge is 0.416 e. The van der Waals surface area contributed by atoms with Crippen LogP contribution >= 0.6 is 0 Å². The van der Waals surface area contributed by atoms with E-state index in [0.717, 1.165) is 49.0 Å². The van der Waals surface area contributed by atoms with E-state index in [4.69, 9.17) is 4.74 Å². The average Bonchev–Trinajstić information content (AvgIpc) is 3.32. The lowest BCUT2D eigenvalue weighted by atomic mass is 9.68. The number of hydrogen-bond donors (Lipinski definition) is 0. The number of imidazole rings is 1. The van der Waals surface area contributed by atoms with Crippen molar-refractivity contribution in [3.05, 3.63) is 48.2 Å². The van der Waals surface area contributed by atoms with Gasteiger partial charge in [-0.15, -0.1) is 0 Å². The summed E-state index contributed by atoms with van der Waals surface area (Å²) in [6.45, 7) is 9.74. The first kappa shape index (κ1) is 22.3. The van der Waals surface area contributed by atoms with Crippen LogP contribution in [0.4, 0.5) is 10.6 Å². The molecule has 0 N–H and O–H groups in total. The SMILES string of the molecule is CC(C)(C)c1cnc(N2C[C@@]3(CCC[C@](C)(Cn4cnc5ccc(C#N)cc54)C3)OC2=O)cn1. The minimum atomic E-state index is -0.539. The third kappa shape index (κ3) is 4.00. The summed E-state index contributed by atoms with van der Waals surface area (Å²) in [5.74, 6) is 0.534. The second-order valence-corrected chi connectivity index (χ2v) is 11.2. The van der Waals surface area contributed by atoms with E-state index in [1.807, 2.05) is 18.5 Å². The number of anilines is 1. The molecule has 1 saturated carbocycles. The molecule has 1 aromatic carbocycles. The highest BCUT2D eigenvalue weighted by atomic mass is 16.6. The fourth-order valence-corrected chi connectivity index (χ4v) is 5.46. The number of rotatable bonds is 3. The van der Waals surface area contributed by atoms with Gasteiger partial charge in [-0.3, -0.25) is 9.88 Å². The normalized spacial score (nSPS) is 25.0. The van der Waals surface area contributed by atoms with Gasteiger partial charge in [0.25, 0.3) is 0 Å². The number of carbonyl (C=O) groups excluding carboxylic acids is 1. The minimum absolute atomic E-state index is 0.0768. The predicted molar refractivity (Wildman–Crippen MR) is 128 cm³/mol. The Hall–Kier alpha value is -3.47. The molecule has 8 nitrogen and oxygen atoms in total. The highest BCUT2D eigenvalue weighted by Gasteiger charge is 2.52. The predicted octanol–water partition coefficient (Wildman–Crippen LogP) is 4.97. The molecule has 2 aliphatic rings. The number of benzene rings is 1. The van der Waals surface area contributed by atoms with E-state index in [1.54, 1.807) is 23.4 Å². The van der Waals surface area contributed by atoms with Crippen LogP contribution in [0, 0.1) is 16.7 Å². The van der Waals surface area contributed by atoms with Gasteiger partial charge in [-0.25, -0.2) is 14.8 Å². The summed E-state index contributed by atoms with van der Waals surface area (Å²) in [4.78, 5) is 28.1. The van der Waals surface area contributed by atoms with Crippen LogP contribution in [-0.4, -0.2) is 37.8 Å². The van der Waals surface area contributed by atoms with Crippen molar-refractivity contribution in [2.24, 2.45) is 5.41 Å². The quantitative estimate of drug-likeness (QED) is 0.550. The topological polar surface area (TPSA) is 96.9 Å². The first-order chi connectivity index (χ1) is 16.1. The summed E-state index contributed by atoms with van der Waals surface area (Å²) in [6.07, 6.45) is 8.51. The van der Waals surface area contributed by atoms with Crippen molar-refractivity contribution in [3.63, 3.8) is 0 Å². The highest BCUT2D eigenvalue weighted by molar-refractivity contribution is 5.89. The molecule has 0 unspecified atom stereocenters. The van der Waals surface area contributed by atoms with Crippen LogP contribution in [0.1, 0.15) is 64.6 Å². The number of nitrogens with zero attached hydrogens (tertiary/aromatic N) is 6. The van der Waals surface area contributed by atoms with Gasteiger partial charge in [0.1, 0.15) is 5.60 Å². The Morgan fingerprint density at radius 1 is 1.18 bits per heavy atom. The van der Waals surface area contributed by atoms with Gasteiger partial charge in [-0.1, -0.05) is 27.7 Å². The molecule has 0 bridgehead atoms. The van der Waals surface area contributed by atoms with Crippen molar-refractivity contribution < 1.29 is 9.53 Å². The van der Waals surface area contributed by atoms with E-state index in [1.165, 1.54) is 0 Å². The molecule has 1 aliphatic carbocycles. The van der Waals surface area contributed by atoms with Crippen molar-refractivity contribution in [2.75, 3.05) is 11.4 Å². The van der Waals surface area contributed by atoms with Crippen LogP contribution in [0.25, 0.3) is 11.0 Å². The Morgan fingerprint density at radius 2 is 2.00 bits per heavy atom. The molecule has 34 heavy (non-hydrogen) atoms. The van der Waals surface area contributed by atoms with Crippen LogP contribution in [-0.2, 0) is 16.7 Å². The molecular formula is C26H30N6O2. The summed E-state index contributed by atoms with van der Waals surface area (Å²) >= 11 is 0. The summed E-state index contributed by atoms with van der Waals surface area (Å²) in [6, 6.07) is 7.78. The van der Waals surface area contributed by atoms with E-state index in [2.05, 4.69) is 53.3 Å². The maximum atomic E-state index is 12.9. The van der Waals surface area contributed by atoms with Gasteiger partial charge in [-0.05, 0) is 49.3 Å². The van der Waals surface area contributed by atoms with E-state index >= 15 is 0 Å². The lowest BCUT2D eigenvalue weighted by Gasteiger charge is -2.43.